The van der Waals surface area contributed by atoms with Gasteiger partial charge in [-0.25, -0.2) is 13.4 Å². The van der Waals surface area contributed by atoms with Crippen molar-refractivity contribution in [3.05, 3.63) is 28.0 Å². The van der Waals surface area contributed by atoms with E-state index in [0.717, 1.165) is 42.5 Å². The molecule has 0 bridgehead atoms. The molecule has 0 unspecified atom stereocenters. The van der Waals surface area contributed by atoms with Crippen molar-refractivity contribution in [3.8, 4) is 0 Å². The Bertz CT molecular complexity index is 735. The summed E-state index contributed by atoms with van der Waals surface area (Å²) >= 11 is 1.66. The minimum absolute atomic E-state index is 0.192. The fourth-order valence-corrected chi connectivity index (χ4v) is 4.25. The Morgan fingerprint density at radius 2 is 2.33 bits per heavy atom. The maximum Gasteiger partial charge on any atom is 0.178 e. The van der Waals surface area contributed by atoms with Gasteiger partial charge < -0.3 is 0 Å². The van der Waals surface area contributed by atoms with E-state index < -0.39 is 9.84 Å². The van der Waals surface area contributed by atoms with E-state index in [1.807, 2.05) is 6.92 Å². The van der Waals surface area contributed by atoms with Gasteiger partial charge in [0.1, 0.15) is 4.90 Å². The third-order valence-electron chi connectivity index (χ3n) is 3.76. The maximum atomic E-state index is 11.8. The second-order valence-electron chi connectivity index (χ2n) is 5.50. The molecule has 1 N–H and O–H groups in total. The molecule has 3 rings (SSSR count). The van der Waals surface area contributed by atoms with Crippen molar-refractivity contribution in [2.24, 2.45) is 0 Å². The molecule has 3 heterocycles. The van der Waals surface area contributed by atoms with Crippen LogP contribution in [-0.2, 0) is 16.4 Å². The number of aromatic amines is 1. The molecule has 0 aliphatic carbocycles. The van der Waals surface area contributed by atoms with E-state index in [0.29, 0.717) is 4.90 Å². The third-order valence-corrected chi connectivity index (χ3v) is 5.71. The fourth-order valence-electron chi connectivity index (χ4n) is 2.79. The summed E-state index contributed by atoms with van der Waals surface area (Å²) in [6, 6.07) is 0. The van der Waals surface area contributed by atoms with E-state index in [2.05, 4.69) is 25.5 Å². The van der Waals surface area contributed by atoms with Crippen LogP contribution in [0, 0.1) is 6.92 Å². The molecular weight excluding hydrogens is 308 g/mol. The Balaban J connectivity index is 1.71. The number of aryl methyl sites for hydroxylation is 1. The molecule has 6 nitrogen and oxygen atoms in total. The molecule has 0 aromatic carbocycles. The van der Waals surface area contributed by atoms with Gasteiger partial charge in [0, 0.05) is 30.6 Å². The van der Waals surface area contributed by atoms with Crippen LogP contribution in [0.3, 0.4) is 0 Å². The first-order chi connectivity index (χ1) is 9.93. The summed E-state index contributed by atoms with van der Waals surface area (Å²) in [5.41, 5.74) is 1.83. The van der Waals surface area contributed by atoms with Crippen LogP contribution in [0.2, 0.25) is 0 Å². The molecule has 0 spiro atoms. The molecule has 2 aromatic rings. The number of H-pyrrole nitrogens is 1. The Labute approximate surface area is 128 Å². The molecule has 1 aliphatic rings. The minimum atomic E-state index is -3.22. The maximum absolute atomic E-state index is 11.8. The first-order valence-corrected chi connectivity index (χ1v) is 9.57. The number of nitrogens with zero attached hydrogens (tertiary/aromatic N) is 3. The van der Waals surface area contributed by atoms with Gasteiger partial charge in [0.2, 0.25) is 0 Å². The summed E-state index contributed by atoms with van der Waals surface area (Å²) in [5.74, 6) is 0.192. The van der Waals surface area contributed by atoms with E-state index in [4.69, 9.17) is 0 Å². The number of rotatable bonds is 4. The van der Waals surface area contributed by atoms with Crippen LogP contribution in [0.15, 0.2) is 16.5 Å². The number of hydrogen-bond donors (Lipinski definition) is 1. The van der Waals surface area contributed by atoms with Gasteiger partial charge in [-0.1, -0.05) is 0 Å². The van der Waals surface area contributed by atoms with E-state index in [-0.39, 0.29) is 5.92 Å². The van der Waals surface area contributed by atoms with Crippen LogP contribution in [-0.4, -0.2) is 47.8 Å². The van der Waals surface area contributed by atoms with Crippen molar-refractivity contribution >= 4 is 21.2 Å². The number of sulfone groups is 1. The van der Waals surface area contributed by atoms with Gasteiger partial charge in [-0.05, 0) is 19.9 Å². The second-order valence-corrected chi connectivity index (χ2v) is 8.55. The summed E-state index contributed by atoms with van der Waals surface area (Å²) in [5, 5.41) is 9.95. The highest BCUT2D eigenvalue weighted by Gasteiger charge is 2.29. The van der Waals surface area contributed by atoms with Crippen LogP contribution >= 0.6 is 11.3 Å². The van der Waals surface area contributed by atoms with Crippen molar-refractivity contribution in [2.45, 2.75) is 30.7 Å². The average molecular weight is 326 g/mol. The molecule has 8 heteroatoms. The lowest BCUT2D eigenvalue weighted by atomic mass is 10.1. The van der Waals surface area contributed by atoms with Crippen LogP contribution < -0.4 is 0 Å². The van der Waals surface area contributed by atoms with Crippen molar-refractivity contribution in [1.29, 1.82) is 0 Å². The number of hydrogen-bond acceptors (Lipinski definition) is 6. The lowest BCUT2D eigenvalue weighted by molar-refractivity contribution is 0.322. The van der Waals surface area contributed by atoms with Gasteiger partial charge in [-0.2, -0.15) is 5.10 Å². The average Bonchev–Trinajstić information content (AvgIpc) is 3.08. The standard InChI is InChI=1S/C13H18N4O2S2/c1-9-15-11(8-20-9)7-17-4-3-10(6-17)13-12(5-14-16-13)21(2,18)19/h5,8,10H,3-4,6-7H2,1-2H3,(H,14,16)/t10-/m0/s1. The van der Waals surface area contributed by atoms with Crippen molar-refractivity contribution in [1.82, 2.24) is 20.1 Å². The molecular formula is C13H18N4O2S2. The lowest BCUT2D eigenvalue weighted by Crippen LogP contribution is -2.20. The van der Waals surface area contributed by atoms with Gasteiger partial charge in [0.25, 0.3) is 0 Å². The zero-order valence-electron chi connectivity index (χ0n) is 12.0. The largest absolute Gasteiger partial charge is 0.297 e. The number of thiazole rings is 1. The van der Waals surface area contributed by atoms with E-state index in [9.17, 15) is 8.42 Å². The van der Waals surface area contributed by atoms with Crippen molar-refractivity contribution in [2.75, 3.05) is 19.3 Å². The van der Waals surface area contributed by atoms with Crippen LogP contribution in [0.5, 0.6) is 0 Å². The molecule has 114 valence electrons. The van der Waals surface area contributed by atoms with E-state index in [1.165, 1.54) is 12.5 Å². The zero-order chi connectivity index (χ0) is 15.0. The molecule has 1 atom stereocenters. The lowest BCUT2D eigenvalue weighted by Gasteiger charge is -2.14. The summed E-state index contributed by atoms with van der Waals surface area (Å²) in [7, 11) is -3.22. The summed E-state index contributed by atoms with van der Waals surface area (Å²) in [4.78, 5) is 7.12. The molecule has 0 saturated carbocycles. The molecule has 1 fully saturated rings. The van der Waals surface area contributed by atoms with Gasteiger partial charge >= 0.3 is 0 Å². The monoisotopic (exact) mass is 326 g/mol. The number of nitrogens with one attached hydrogen (secondary N) is 1. The number of aromatic nitrogens is 3. The van der Waals surface area contributed by atoms with E-state index in [1.54, 1.807) is 11.3 Å². The van der Waals surface area contributed by atoms with Crippen LogP contribution in [0.1, 0.15) is 28.7 Å². The van der Waals surface area contributed by atoms with Gasteiger partial charge in [0.15, 0.2) is 9.84 Å². The molecule has 0 amide bonds. The summed E-state index contributed by atoms with van der Waals surface area (Å²) < 4.78 is 23.5. The topological polar surface area (TPSA) is 79.0 Å². The van der Waals surface area contributed by atoms with Gasteiger partial charge in [-0.15, -0.1) is 11.3 Å². The highest BCUT2D eigenvalue weighted by molar-refractivity contribution is 7.90. The predicted octanol–water partition coefficient (Wildman–Crippen LogP) is 1.57. The van der Waals surface area contributed by atoms with Gasteiger partial charge in [-0.3, -0.25) is 10.00 Å². The SMILES string of the molecule is Cc1nc(CN2CC[C@H](c3[nH]ncc3S(C)(=O)=O)C2)cs1. The van der Waals surface area contributed by atoms with Gasteiger partial charge in [0.05, 0.1) is 22.6 Å². The van der Waals surface area contributed by atoms with Crippen molar-refractivity contribution < 1.29 is 8.42 Å². The predicted molar refractivity (Wildman–Crippen MR) is 81.2 cm³/mol. The smallest absolute Gasteiger partial charge is 0.178 e. The number of likely N-dealkylation sites (tertiary alicyclic amines) is 1. The molecule has 1 aliphatic heterocycles. The Morgan fingerprint density at radius 1 is 1.52 bits per heavy atom. The molecule has 21 heavy (non-hydrogen) atoms. The molecule has 1 saturated heterocycles. The van der Waals surface area contributed by atoms with Crippen molar-refractivity contribution in [3.63, 3.8) is 0 Å². The first-order valence-electron chi connectivity index (χ1n) is 6.80. The summed E-state index contributed by atoms with van der Waals surface area (Å²) in [6.45, 7) is 4.61. The quantitative estimate of drug-likeness (QED) is 0.922. The second kappa shape index (κ2) is 5.51. The van der Waals surface area contributed by atoms with Crippen LogP contribution in [0.25, 0.3) is 0 Å². The Kier molecular flexibility index (Phi) is 3.85. The highest BCUT2D eigenvalue weighted by atomic mass is 32.2. The van der Waals surface area contributed by atoms with E-state index >= 15 is 0 Å². The Hall–Kier alpha value is -1.25. The molecule has 2 aromatic heterocycles. The highest BCUT2D eigenvalue weighted by Crippen LogP contribution is 2.30. The fraction of sp³-hybridized carbons (Fsp3) is 0.538. The normalized spacial score (nSPS) is 20.2. The molecule has 0 radical (unpaired) electrons. The van der Waals surface area contributed by atoms with Crippen LogP contribution in [0.4, 0.5) is 0 Å². The zero-order valence-corrected chi connectivity index (χ0v) is 13.7. The first kappa shape index (κ1) is 14.7. The summed E-state index contributed by atoms with van der Waals surface area (Å²) in [6.07, 6.45) is 3.58. The third kappa shape index (κ3) is 3.17. The Morgan fingerprint density at radius 3 is 3.00 bits per heavy atom. The minimum Gasteiger partial charge on any atom is -0.297 e.